The molecular formula is C11H19N3O. The lowest BCUT2D eigenvalue weighted by Gasteiger charge is -2.29. The van der Waals surface area contributed by atoms with Gasteiger partial charge in [-0.05, 0) is 25.7 Å². The van der Waals surface area contributed by atoms with Crippen LogP contribution in [0.4, 0.5) is 0 Å². The minimum absolute atomic E-state index is 0.617. The molecule has 4 nitrogen and oxygen atoms in total. The molecule has 1 aliphatic rings. The van der Waals surface area contributed by atoms with Gasteiger partial charge in [-0.1, -0.05) is 24.9 Å². The van der Waals surface area contributed by atoms with Crippen molar-refractivity contribution in [3.8, 4) is 0 Å². The zero-order valence-electron chi connectivity index (χ0n) is 9.49. The fraction of sp³-hybridized carbons (Fsp3) is 0.818. The summed E-state index contributed by atoms with van der Waals surface area (Å²) < 4.78 is 5.07. The molecule has 1 heterocycles. The van der Waals surface area contributed by atoms with Gasteiger partial charge in [-0.2, -0.15) is 4.98 Å². The molecule has 0 spiro atoms. The number of rotatable bonds is 3. The molecule has 15 heavy (non-hydrogen) atoms. The lowest BCUT2D eigenvalue weighted by Crippen LogP contribution is -2.36. The van der Waals surface area contributed by atoms with E-state index in [-0.39, 0.29) is 0 Å². The van der Waals surface area contributed by atoms with Gasteiger partial charge < -0.3 is 9.84 Å². The third-order valence-electron chi connectivity index (χ3n) is 3.20. The van der Waals surface area contributed by atoms with Crippen molar-refractivity contribution in [1.29, 1.82) is 0 Å². The average Bonchev–Trinajstić information content (AvgIpc) is 2.63. The number of nitrogens with zero attached hydrogens (tertiary/aromatic N) is 2. The minimum atomic E-state index is 0.617. The van der Waals surface area contributed by atoms with Crippen molar-refractivity contribution >= 4 is 0 Å². The average molecular weight is 209 g/mol. The Labute approximate surface area is 90.4 Å². The van der Waals surface area contributed by atoms with Crippen LogP contribution in [0, 0.1) is 12.8 Å². The first kappa shape index (κ1) is 10.6. The van der Waals surface area contributed by atoms with Crippen molar-refractivity contribution in [2.75, 3.05) is 0 Å². The summed E-state index contributed by atoms with van der Waals surface area (Å²) in [7, 11) is 0. The largest absolute Gasteiger partial charge is 0.338 e. The summed E-state index contributed by atoms with van der Waals surface area (Å²) in [6.07, 6.45) is 5.32. The van der Waals surface area contributed by atoms with Gasteiger partial charge in [0.25, 0.3) is 0 Å². The van der Waals surface area contributed by atoms with E-state index >= 15 is 0 Å². The lowest BCUT2D eigenvalue weighted by atomic mass is 9.86. The van der Waals surface area contributed by atoms with Crippen molar-refractivity contribution < 1.29 is 4.52 Å². The monoisotopic (exact) mass is 209 g/mol. The molecule has 4 heteroatoms. The standard InChI is InChI=1S/C11H19N3O/c1-8-5-3-4-6-10(8)12-7-11-13-9(2)14-15-11/h8,10,12H,3-7H2,1-2H3. The van der Waals surface area contributed by atoms with Crippen molar-refractivity contribution in [2.24, 2.45) is 5.92 Å². The fourth-order valence-electron chi connectivity index (χ4n) is 2.25. The Morgan fingerprint density at radius 3 is 2.87 bits per heavy atom. The molecular weight excluding hydrogens is 190 g/mol. The maximum absolute atomic E-state index is 5.07. The van der Waals surface area contributed by atoms with E-state index in [9.17, 15) is 0 Å². The zero-order valence-corrected chi connectivity index (χ0v) is 9.49. The van der Waals surface area contributed by atoms with Crippen LogP contribution in [0.2, 0.25) is 0 Å². The predicted octanol–water partition coefficient (Wildman–Crippen LogP) is 2.05. The minimum Gasteiger partial charge on any atom is -0.338 e. The number of hydrogen-bond donors (Lipinski definition) is 1. The summed E-state index contributed by atoms with van der Waals surface area (Å²) in [5.41, 5.74) is 0. The Morgan fingerprint density at radius 2 is 2.20 bits per heavy atom. The summed E-state index contributed by atoms with van der Waals surface area (Å²) in [6, 6.07) is 0.617. The van der Waals surface area contributed by atoms with E-state index in [1.807, 2.05) is 6.92 Å². The number of hydrogen-bond acceptors (Lipinski definition) is 4. The molecule has 0 bridgehead atoms. The number of aromatic nitrogens is 2. The first-order valence-corrected chi connectivity index (χ1v) is 5.78. The van der Waals surface area contributed by atoms with Gasteiger partial charge in [0, 0.05) is 6.04 Å². The highest BCUT2D eigenvalue weighted by atomic mass is 16.5. The SMILES string of the molecule is Cc1noc(CNC2CCCCC2C)n1. The topological polar surface area (TPSA) is 51.0 Å². The van der Waals surface area contributed by atoms with Gasteiger partial charge in [0.05, 0.1) is 6.54 Å². The van der Waals surface area contributed by atoms with Crippen LogP contribution in [0.15, 0.2) is 4.52 Å². The summed E-state index contributed by atoms with van der Waals surface area (Å²) in [4.78, 5) is 4.18. The smallest absolute Gasteiger partial charge is 0.240 e. The van der Waals surface area contributed by atoms with E-state index in [0.717, 1.165) is 5.92 Å². The van der Waals surface area contributed by atoms with Crippen LogP contribution in [0.5, 0.6) is 0 Å². The Hall–Kier alpha value is -0.900. The van der Waals surface area contributed by atoms with Crippen molar-refractivity contribution in [1.82, 2.24) is 15.5 Å². The Kier molecular flexibility index (Phi) is 3.36. The van der Waals surface area contributed by atoms with Gasteiger partial charge >= 0.3 is 0 Å². The molecule has 0 aliphatic heterocycles. The highest BCUT2D eigenvalue weighted by molar-refractivity contribution is 4.85. The van der Waals surface area contributed by atoms with Crippen LogP contribution in [-0.2, 0) is 6.54 Å². The summed E-state index contributed by atoms with van der Waals surface area (Å²) in [6.45, 7) is 4.86. The van der Waals surface area contributed by atoms with Crippen molar-refractivity contribution in [3.63, 3.8) is 0 Å². The molecule has 0 amide bonds. The molecule has 84 valence electrons. The Balaban J connectivity index is 1.81. The maximum Gasteiger partial charge on any atom is 0.240 e. The highest BCUT2D eigenvalue weighted by Gasteiger charge is 2.21. The molecule has 1 N–H and O–H groups in total. The Bertz CT molecular complexity index is 311. The van der Waals surface area contributed by atoms with Crippen molar-refractivity contribution in [2.45, 2.75) is 52.1 Å². The second kappa shape index (κ2) is 4.75. The van der Waals surface area contributed by atoms with E-state index in [1.54, 1.807) is 0 Å². The lowest BCUT2D eigenvalue weighted by molar-refractivity contribution is 0.265. The third-order valence-corrected chi connectivity index (χ3v) is 3.20. The molecule has 0 aromatic carbocycles. The molecule has 1 saturated carbocycles. The molecule has 0 radical (unpaired) electrons. The third kappa shape index (κ3) is 2.78. The molecule has 1 aliphatic carbocycles. The highest BCUT2D eigenvalue weighted by Crippen LogP contribution is 2.23. The van der Waals surface area contributed by atoms with Crippen LogP contribution >= 0.6 is 0 Å². The molecule has 1 aromatic rings. The summed E-state index contributed by atoms with van der Waals surface area (Å²) in [5.74, 6) is 2.18. The van der Waals surface area contributed by atoms with E-state index in [1.165, 1.54) is 25.7 Å². The molecule has 2 rings (SSSR count). The predicted molar refractivity (Wildman–Crippen MR) is 57.3 cm³/mol. The van der Waals surface area contributed by atoms with Crippen LogP contribution in [0.1, 0.15) is 44.3 Å². The van der Waals surface area contributed by atoms with Gasteiger partial charge in [-0.15, -0.1) is 0 Å². The Morgan fingerprint density at radius 1 is 1.40 bits per heavy atom. The van der Waals surface area contributed by atoms with Gasteiger partial charge in [-0.3, -0.25) is 0 Å². The van der Waals surface area contributed by atoms with Crippen LogP contribution in [-0.4, -0.2) is 16.2 Å². The quantitative estimate of drug-likeness (QED) is 0.827. The van der Waals surface area contributed by atoms with Crippen LogP contribution in [0.25, 0.3) is 0 Å². The van der Waals surface area contributed by atoms with E-state index in [0.29, 0.717) is 24.3 Å². The van der Waals surface area contributed by atoms with Crippen LogP contribution in [0.3, 0.4) is 0 Å². The normalized spacial score (nSPS) is 26.8. The van der Waals surface area contributed by atoms with Crippen molar-refractivity contribution in [3.05, 3.63) is 11.7 Å². The first-order chi connectivity index (χ1) is 7.25. The van der Waals surface area contributed by atoms with E-state index in [2.05, 4.69) is 22.4 Å². The second-order valence-electron chi connectivity index (χ2n) is 4.48. The maximum atomic E-state index is 5.07. The number of nitrogens with one attached hydrogen (secondary N) is 1. The summed E-state index contributed by atoms with van der Waals surface area (Å²) >= 11 is 0. The molecule has 1 aromatic heterocycles. The molecule has 0 saturated heterocycles. The van der Waals surface area contributed by atoms with Gasteiger partial charge in [0.2, 0.25) is 5.89 Å². The van der Waals surface area contributed by atoms with Gasteiger partial charge in [0.15, 0.2) is 5.82 Å². The van der Waals surface area contributed by atoms with E-state index in [4.69, 9.17) is 4.52 Å². The number of aryl methyl sites for hydroxylation is 1. The van der Waals surface area contributed by atoms with E-state index < -0.39 is 0 Å². The zero-order chi connectivity index (χ0) is 10.7. The molecule has 2 atom stereocenters. The van der Waals surface area contributed by atoms with Gasteiger partial charge in [0.1, 0.15) is 0 Å². The van der Waals surface area contributed by atoms with Crippen LogP contribution < -0.4 is 5.32 Å². The summed E-state index contributed by atoms with van der Waals surface area (Å²) in [5, 5.41) is 7.28. The second-order valence-corrected chi connectivity index (χ2v) is 4.48. The first-order valence-electron chi connectivity index (χ1n) is 5.78. The molecule has 2 unspecified atom stereocenters. The van der Waals surface area contributed by atoms with Gasteiger partial charge in [-0.25, -0.2) is 0 Å². The fourth-order valence-corrected chi connectivity index (χ4v) is 2.25. The molecule has 1 fully saturated rings.